The second-order valence-corrected chi connectivity index (χ2v) is 7.45. The average molecular weight is 416 g/mol. The van der Waals surface area contributed by atoms with Gasteiger partial charge in [-0.15, -0.1) is 0 Å². The largest absolute Gasteiger partial charge is 0.448 e. The van der Waals surface area contributed by atoms with Crippen molar-refractivity contribution in [2.75, 3.05) is 26.2 Å². The number of halogens is 2. The van der Waals surface area contributed by atoms with Crippen molar-refractivity contribution in [2.24, 2.45) is 0 Å². The summed E-state index contributed by atoms with van der Waals surface area (Å²) >= 11 is 0. The van der Waals surface area contributed by atoms with Crippen molar-refractivity contribution in [3.05, 3.63) is 71.3 Å². The van der Waals surface area contributed by atoms with E-state index < -0.39 is 29.4 Å². The summed E-state index contributed by atoms with van der Waals surface area (Å²) in [6.07, 6.45) is -0.192. The van der Waals surface area contributed by atoms with Crippen LogP contribution < -0.4 is 0 Å². The Morgan fingerprint density at radius 3 is 2.40 bits per heavy atom. The van der Waals surface area contributed by atoms with Crippen LogP contribution in [-0.4, -0.2) is 48.2 Å². The van der Waals surface area contributed by atoms with Gasteiger partial charge in [-0.05, 0) is 36.1 Å². The minimum absolute atomic E-state index is 0.170. The summed E-state index contributed by atoms with van der Waals surface area (Å²) in [5, 5.41) is 0. The number of rotatable bonds is 4. The van der Waals surface area contributed by atoms with Gasteiger partial charge in [-0.1, -0.05) is 36.4 Å². The molecular formula is C22H22F2N2O4. The molecule has 158 valence electrons. The summed E-state index contributed by atoms with van der Waals surface area (Å²) in [5.74, 6) is -1.91. The Morgan fingerprint density at radius 1 is 1.03 bits per heavy atom. The first-order valence-electron chi connectivity index (χ1n) is 9.85. The summed E-state index contributed by atoms with van der Waals surface area (Å²) in [4.78, 5) is 27.9. The number of benzene rings is 2. The smallest absolute Gasteiger partial charge is 0.410 e. The van der Waals surface area contributed by atoms with Gasteiger partial charge in [-0.2, -0.15) is 0 Å². The molecule has 2 aromatic rings. The summed E-state index contributed by atoms with van der Waals surface area (Å²) in [5.41, 5.74) is 0.523. The summed E-state index contributed by atoms with van der Waals surface area (Å²) < 4.78 is 37.9. The maximum atomic E-state index is 14.0. The highest BCUT2D eigenvalue weighted by molar-refractivity contribution is 5.71. The van der Waals surface area contributed by atoms with Gasteiger partial charge in [0.2, 0.25) is 0 Å². The van der Waals surface area contributed by atoms with Gasteiger partial charge >= 0.3 is 12.2 Å². The molecule has 2 fully saturated rings. The van der Waals surface area contributed by atoms with Crippen molar-refractivity contribution in [3.63, 3.8) is 0 Å². The highest BCUT2D eigenvalue weighted by Gasteiger charge is 2.47. The molecule has 2 heterocycles. The predicted octanol–water partition coefficient (Wildman–Crippen LogP) is 4.04. The fourth-order valence-corrected chi connectivity index (χ4v) is 4.15. The lowest BCUT2D eigenvalue weighted by molar-refractivity contribution is 0.0364. The van der Waals surface area contributed by atoms with Crippen molar-refractivity contribution < 1.29 is 27.8 Å². The Kier molecular flexibility index (Phi) is 5.57. The van der Waals surface area contributed by atoms with Crippen molar-refractivity contribution in [1.82, 2.24) is 9.80 Å². The van der Waals surface area contributed by atoms with Crippen LogP contribution in [0.5, 0.6) is 0 Å². The van der Waals surface area contributed by atoms with Gasteiger partial charge < -0.3 is 14.4 Å². The molecule has 0 saturated carbocycles. The highest BCUT2D eigenvalue weighted by Crippen LogP contribution is 2.41. The zero-order chi connectivity index (χ0) is 21.1. The Balaban J connectivity index is 1.49. The van der Waals surface area contributed by atoms with Crippen LogP contribution in [0.4, 0.5) is 18.4 Å². The van der Waals surface area contributed by atoms with Crippen LogP contribution in [0.2, 0.25) is 0 Å². The molecule has 0 spiro atoms. The van der Waals surface area contributed by atoms with E-state index in [9.17, 15) is 18.4 Å². The number of hydrogen-bond donors (Lipinski definition) is 0. The number of nitrogens with zero attached hydrogens (tertiary/aromatic N) is 2. The van der Waals surface area contributed by atoms with Crippen LogP contribution in [0.3, 0.4) is 0 Å². The van der Waals surface area contributed by atoms with E-state index >= 15 is 0 Å². The molecule has 0 unspecified atom stereocenters. The van der Waals surface area contributed by atoms with Crippen LogP contribution in [0.15, 0.2) is 48.5 Å². The normalized spacial score (nSPS) is 18.3. The Hall–Kier alpha value is -3.16. The number of hydrogen-bond acceptors (Lipinski definition) is 4. The fraction of sp³-hybridized carbons (Fsp3) is 0.364. The number of amides is 2. The average Bonchev–Trinajstić information content (AvgIpc) is 3.21. The Labute approximate surface area is 173 Å². The molecule has 0 atom stereocenters. The van der Waals surface area contributed by atoms with E-state index in [0.29, 0.717) is 38.0 Å². The maximum absolute atomic E-state index is 14.0. The molecule has 4 rings (SSSR count). The third-order valence-corrected chi connectivity index (χ3v) is 5.79. The van der Waals surface area contributed by atoms with Crippen molar-refractivity contribution >= 4 is 12.2 Å². The molecule has 0 N–H and O–H groups in total. The van der Waals surface area contributed by atoms with Crippen LogP contribution in [0.1, 0.15) is 24.0 Å². The van der Waals surface area contributed by atoms with Crippen LogP contribution >= 0.6 is 0 Å². The van der Waals surface area contributed by atoms with Gasteiger partial charge in [0.25, 0.3) is 0 Å². The van der Waals surface area contributed by atoms with E-state index in [1.807, 2.05) is 30.3 Å². The molecule has 0 radical (unpaired) electrons. The first-order valence-corrected chi connectivity index (χ1v) is 9.85. The number of likely N-dealkylation sites (tertiary alicyclic amines) is 1. The summed E-state index contributed by atoms with van der Waals surface area (Å²) in [6, 6.07) is 13.1. The zero-order valence-electron chi connectivity index (χ0n) is 16.4. The number of carbonyl (C=O) groups excluding carboxylic acids is 2. The minimum Gasteiger partial charge on any atom is -0.448 e. The van der Waals surface area contributed by atoms with E-state index in [1.165, 1.54) is 6.07 Å². The minimum atomic E-state index is -0.968. The van der Waals surface area contributed by atoms with Crippen molar-refractivity contribution in [3.8, 4) is 0 Å². The van der Waals surface area contributed by atoms with Gasteiger partial charge in [0, 0.05) is 13.1 Å². The summed E-state index contributed by atoms with van der Waals surface area (Å²) in [7, 11) is 0. The molecule has 2 saturated heterocycles. The van der Waals surface area contributed by atoms with Gasteiger partial charge in [0.1, 0.15) is 13.2 Å². The molecule has 30 heavy (non-hydrogen) atoms. The SMILES string of the molecule is O=C(OCc1ccccc1)N1CCC(c2ccc(F)c(F)c2)(N2CCOC2=O)CC1. The van der Waals surface area contributed by atoms with Crippen LogP contribution in [0.25, 0.3) is 0 Å². The molecule has 2 aliphatic rings. The summed E-state index contributed by atoms with van der Waals surface area (Å²) in [6.45, 7) is 1.40. The van der Waals surface area contributed by atoms with Crippen molar-refractivity contribution in [1.29, 1.82) is 0 Å². The molecule has 2 aliphatic heterocycles. The monoisotopic (exact) mass is 416 g/mol. The topological polar surface area (TPSA) is 59.1 Å². The molecule has 2 aromatic carbocycles. The van der Waals surface area contributed by atoms with Gasteiger partial charge in [-0.3, -0.25) is 4.90 Å². The molecule has 0 aliphatic carbocycles. The van der Waals surface area contributed by atoms with E-state index in [1.54, 1.807) is 9.80 Å². The molecule has 8 heteroatoms. The second-order valence-electron chi connectivity index (χ2n) is 7.45. The fourth-order valence-electron chi connectivity index (χ4n) is 4.15. The highest BCUT2D eigenvalue weighted by atomic mass is 19.2. The van der Waals surface area contributed by atoms with Gasteiger partial charge in [-0.25, -0.2) is 18.4 Å². The van der Waals surface area contributed by atoms with Crippen molar-refractivity contribution in [2.45, 2.75) is 25.0 Å². The van der Waals surface area contributed by atoms with E-state index in [2.05, 4.69) is 0 Å². The van der Waals surface area contributed by atoms with Crippen LogP contribution in [-0.2, 0) is 21.6 Å². The Bertz CT molecular complexity index is 930. The maximum Gasteiger partial charge on any atom is 0.410 e. The van der Waals surface area contributed by atoms with E-state index in [0.717, 1.165) is 17.7 Å². The number of carbonyl (C=O) groups is 2. The lowest BCUT2D eigenvalue weighted by atomic mass is 9.79. The standard InChI is InChI=1S/C22H22F2N2O4/c23-18-7-6-17(14-19(18)24)22(26-12-13-29-21(26)28)8-10-25(11-9-22)20(27)30-15-16-4-2-1-3-5-16/h1-7,14H,8-13,15H2. The quantitative estimate of drug-likeness (QED) is 0.755. The molecule has 2 amide bonds. The Morgan fingerprint density at radius 2 is 1.77 bits per heavy atom. The molecule has 6 nitrogen and oxygen atoms in total. The van der Waals surface area contributed by atoms with Gasteiger partial charge in [0.05, 0.1) is 12.1 Å². The zero-order valence-corrected chi connectivity index (χ0v) is 16.4. The lowest BCUT2D eigenvalue weighted by Crippen LogP contribution is -2.54. The second kappa shape index (κ2) is 8.30. The lowest BCUT2D eigenvalue weighted by Gasteiger charge is -2.46. The van der Waals surface area contributed by atoms with Gasteiger partial charge in [0.15, 0.2) is 11.6 Å². The van der Waals surface area contributed by atoms with E-state index in [-0.39, 0.29) is 13.2 Å². The third kappa shape index (κ3) is 3.81. The van der Waals surface area contributed by atoms with E-state index in [4.69, 9.17) is 9.47 Å². The first kappa shape index (κ1) is 20.1. The number of cyclic esters (lactones) is 1. The predicted molar refractivity (Wildman–Crippen MR) is 104 cm³/mol. The number of piperidine rings is 1. The first-order chi connectivity index (χ1) is 14.5. The third-order valence-electron chi connectivity index (χ3n) is 5.79. The van der Waals surface area contributed by atoms with Crippen LogP contribution in [0, 0.1) is 11.6 Å². The number of ether oxygens (including phenoxy) is 2. The molecule has 0 aromatic heterocycles. The molecule has 0 bridgehead atoms. The molecular weight excluding hydrogens is 394 g/mol.